The highest BCUT2D eigenvalue weighted by Crippen LogP contribution is 2.37. The van der Waals surface area contributed by atoms with Crippen molar-refractivity contribution < 1.29 is 27.9 Å². The fourth-order valence-electron chi connectivity index (χ4n) is 3.65. The first-order chi connectivity index (χ1) is 16.4. The summed E-state index contributed by atoms with van der Waals surface area (Å²) in [5.74, 6) is -0.549. The zero-order valence-electron chi connectivity index (χ0n) is 18.8. The molecule has 4 aromatic rings. The van der Waals surface area contributed by atoms with Gasteiger partial charge >= 0.3 is 5.97 Å². The van der Waals surface area contributed by atoms with Gasteiger partial charge < -0.3 is 19.2 Å². The van der Waals surface area contributed by atoms with Gasteiger partial charge in [0.15, 0.2) is 0 Å². The fourth-order valence-corrected chi connectivity index (χ4v) is 3.65. The number of amides is 1. The summed E-state index contributed by atoms with van der Waals surface area (Å²) in [6.07, 6.45) is 3.08. The average molecular weight is 459 g/mol. The van der Waals surface area contributed by atoms with Crippen molar-refractivity contribution in [2.75, 3.05) is 19.5 Å². The number of furan rings is 1. The minimum absolute atomic E-state index is 0.316. The van der Waals surface area contributed by atoms with E-state index in [0.717, 1.165) is 22.1 Å². The highest BCUT2D eigenvalue weighted by molar-refractivity contribution is 6.05. The van der Waals surface area contributed by atoms with E-state index in [1.807, 2.05) is 6.07 Å². The topological polar surface area (TPSA) is 77.8 Å². The van der Waals surface area contributed by atoms with Crippen LogP contribution in [0.3, 0.4) is 0 Å². The SMILES string of the molecule is COC(=O)c1ccc(NC(=O)/C=C(\C)c2cc3c(-c4ccc(F)cc4)coc3cc2OC)cc1. The van der Waals surface area contributed by atoms with Gasteiger partial charge in [0.25, 0.3) is 0 Å². The van der Waals surface area contributed by atoms with Crippen LogP contribution in [0, 0.1) is 5.82 Å². The van der Waals surface area contributed by atoms with Crippen molar-refractivity contribution in [3.8, 4) is 16.9 Å². The fraction of sp³-hybridized carbons (Fsp3) is 0.111. The van der Waals surface area contributed by atoms with Crippen LogP contribution >= 0.6 is 0 Å². The molecule has 0 unspecified atom stereocenters. The molecular weight excluding hydrogens is 437 g/mol. The summed E-state index contributed by atoms with van der Waals surface area (Å²) < 4.78 is 29.3. The van der Waals surface area contributed by atoms with E-state index in [0.29, 0.717) is 28.2 Å². The van der Waals surface area contributed by atoms with E-state index in [1.165, 1.54) is 25.3 Å². The van der Waals surface area contributed by atoms with Gasteiger partial charge in [-0.05, 0) is 60.5 Å². The van der Waals surface area contributed by atoms with Gasteiger partial charge in [0.2, 0.25) is 5.91 Å². The van der Waals surface area contributed by atoms with E-state index in [-0.39, 0.29) is 11.7 Å². The molecule has 0 saturated heterocycles. The summed E-state index contributed by atoms with van der Waals surface area (Å²) in [7, 11) is 2.86. The number of hydrogen-bond acceptors (Lipinski definition) is 5. The Labute approximate surface area is 195 Å². The lowest BCUT2D eigenvalue weighted by Gasteiger charge is -2.10. The molecule has 0 spiro atoms. The van der Waals surface area contributed by atoms with E-state index in [1.54, 1.807) is 62.8 Å². The maximum atomic E-state index is 13.4. The maximum Gasteiger partial charge on any atom is 0.337 e. The molecule has 1 amide bonds. The van der Waals surface area contributed by atoms with Crippen LogP contribution in [0.5, 0.6) is 5.75 Å². The van der Waals surface area contributed by atoms with E-state index in [2.05, 4.69) is 10.1 Å². The quantitative estimate of drug-likeness (QED) is 0.279. The Hall–Kier alpha value is -4.39. The second kappa shape index (κ2) is 9.62. The minimum atomic E-state index is -0.449. The molecule has 1 N–H and O–H groups in total. The molecule has 0 saturated carbocycles. The van der Waals surface area contributed by atoms with Crippen molar-refractivity contribution in [2.45, 2.75) is 6.92 Å². The summed E-state index contributed by atoms with van der Waals surface area (Å²) in [6.45, 7) is 1.81. The number of carbonyl (C=O) groups is 2. The molecule has 1 heterocycles. The molecule has 0 atom stereocenters. The van der Waals surface area contributed by atoms with Gasteiger partial charge in [-0.2, -0.15) is 0 Å². The van der Waals surface area contributed by atoms with E-state index in [4.69, 9.17) is 9.15 Å². The van der Waals surface area contributed by atoms with Crippen molar-refractivity contribution in [1.29, 1.82) is 0 Å². The van der Waals surface area contributed by atoms with Crippen molar-refractivity contribution in [3.05, 3.63) is 89.9 Å². The van der Waals surface area contributed by atoms with Crippen LogP contribution in [-0.2, 0) is 9.53 Å². The van der Waals surface area contributed by atoms with Gasteiger partial charge in [-0.15, -0.1) is 0 Å². The number of hydrogen-bond donors (Lipinski definition) is 1. The second-order valence-corrected chi connectivity index (χ2v) is 7.59. The molecule has 7 heteroatoms. The van der Waals surface area contributed by atoms with Crippen LogP contribution in [0.2, 0.25) is 0 Å². The molecule has 0 aliphatic heterocycles. The van der Waals surface area contributed by atoms with Gasteiger partial charge in [-0.1, -0.05) is 12.1 Å². The van der Waals surface area contributed by atoms with Crippen LogP contribution < -0.4 is 10.1 Å². The number of anilines is 1. The summed E-state index contributed by atoms with van der Waals surface area (Å²) >= 11 is 0. The predicted octanol–water partition coefficient (Wildman–Crippen LogP) is 6.08. The number of fused-ring (bicyclic) bond motifs is 1. The van der Waals surface area contributed by atoms with Gasteiger partial charge in [-0.25, -0.2) is 9.18 Å². The van der Waals surface area contributed by atoms with Crippen LogP contribution in [0.4, 0.5) is 10.1 Å². The molecule has 0 bridgehead atoms. The number of benzene rings is 3. The lowest BCUT2D eigenvalue weighted by Crippen LogP contribution is -2.09. The largest absolute Gasteiger partial charge is 0.496 e. The van der Waals surface area contributed by atoms with Gasteiger partial charge in [0.1, 0.15) is 17.1 Å². The predicted molar refractivity (Wildman–Crippen MR) is 128 cm³/mol. The highest BCUT2D eigenvalue weighted by Gasteiger charge is 2.15. The highest BCUT2D eigenvalue weighted by atomic mass is 19.1. The van der Waals surface area contributed by atoms with Crippen molar-refractivity contribution >= 4 is 34.1 Å². The number of carbonyl (C=O) groups excluding carboxylic acids is 2. The molecule has 34 heavy (non-hydrogen) atoms. The molecule has 172 valence electrons. The summed E-state index contributed by atoms with van der Waals surface area (Å²) in [6, 6.07) is 16.2. The molecule has 4 rings (SSSR count). The Morgan fingerprint density at radius 1 is 1.00 bits per heavy atom. The van der Waals surface area contributed by atoms with Gasteiger partial charge in [-0.3, -0.25) is 4.79 Å². The summed E-state index contributed by atoms with van der Waals surface area (Å²) in [5, 5.41) is 3.59. The Bertz CT molecular complexity index is 1390. The lowest BCUT2D eigenvalue weighted by molar-refractivity contribution is -0.111. The monoisotopic (exact) mass is 459 g/mol. The summed E-state index contributed by atoms with van der Waals surface area (Å²) in [5.41, 5.74) is 4.56. The van der Waals surface area contributed by atoms with Crippen LogP contribution in [0.1, 0.15) is 22.8 Å². The van der Waals surface area contributed by atoms with Gasteiger partial charge in [0.05, 0.1) is 26.0 Å². The number of halogens is 1. The molecule has 0 fully saturated rings. The molecule has 3 aromatic carbocycles. The van der Waals surface area contributed by atoms with Crippen molar-refractivity contribution in [1.82, 2.24) is 0 Å². The average Bonchev–Trinajstić information content (AvgIpc) is 3.26. The molecular formula is C27H22FNO5. The molecule has 0 aliphatic rings. The first kappa shape index (κ1) is 22.8. The van der Waals surface area contributed by atoms with Crippen molar-refractivity contribution in [2.24, 2.45) is 0 Å². The first-order valence-corrected chi connectivity index (χ1v) is 10.4. The number of rotatable bonds is 6. The smallest absolute Gasteiger partial charge is 0.337 e. The second-order valence-electron chi connectivity index (χ2n) is 7.59. The number of esters is 1. The number of methoxy groups -OCH3 is 2. The van der Waals surface area contributed by atoms with Crippen LogP contribution in [-0.4, -0.2) is 26.1 Å². The lowest BCUT2D eigenvalue weighted by atomic mass is 9.99. The minimum Gasteiger partial charge on any atom is -0.496 e. The third-order valence-electron chi connectivity index (χ3n) is 5.40. The third-order valence-corrected chi connectivity index (χ3v) is 5.40. The Morgan fingerprint density at radius 3 is 2.35 bits per heavy atom. The number of nitrogens with one attached hydrogen (secondary N) is 1. The Balaban J connectivity index is 1.63. The van der Waals surface area contributed by atoms with Crippen molar-refractivity contribution in [3.63, 3.8) is 0 Å². The normalized spacial score (nSPS) is 11.4. The van der Waals surface area contributed by atoms with Gasteiger partial charge in [0, 0.05) is 34.3 Å². The van der Waals surface area contributed by atoms with E-state index in [9.17, 15) is 14.0 Å². The molecule has 6 nitrogen and oxygen atoms in total. The van der Waals surface area contributed by atoms with Crippen LogP contribution in [0.25, 0.3) is 27.7 Å². The summed E-state index contributed by atoms with van der Waals surface area (Å²) in [4.78, 5) is 24.2. The van der Waals surface area contributed by atoms with E-state index >= 15 is 0 Å². The maximum absolute atomic E-state index is 13.4. The zero-order valence-corrected chi connectivity index (χ0v) is 18.8. The standard InChI is InChI=1S/C27H22FNO5/c1-16(12-26(30)29-20-10-6-18(7-11-20)27(31)33-3)21-13-22-23(17-4-8-19(28)9-5-17)15-34-25(22)14-24(21)32-2/h4-15H,1-3H3,(H,29,30)/b16-12+. The molecule has 0 aliphatic carbocycles. The molecule has 1 aromatic heterocycles. The van der Waals surface area contributed by atoms with Crippen LogP contribution in [0.15, 0.2) is 77.4 Å². The third kappa shape index (κ3) is 4.68. The number of ether oxygens (including phenoxy) is 2. The Morgan fingerprint density at radius 2 is 1.71 bits per heavy atom. The molecule has 0 radical (unpaired) electrons. The first-order valence-electron chi connectivity index (χ1n) is 10.4. The Kier molecular flexibility index (Phi) is 6.45. The number of allylic oxidation sites excluding steroid dienone is 1. The van der Waals surface area contributed by atoms with E-state index < -0.39 is 5.97 Å². The zero-order chi connectivity index (χ0) is 24.2.